The first-order valence-electron chi connectivity index (χ1n) is 7.54. The highest BCUT2D eigenvalue weighted by molar-refractivity contribution is 5.93. The van der Waals surface area contributed by atoms with Gasteiger partial charge in [0.15, 0.2) is 0 Å². The molecule has 0 radical (unpaired) electrons. The summed E-state index contributed by atoms with van der Waals surface area (Å²) in [5.74, 6) is -0.808. The fourth-order valence-electron chi connectivity index (χ4n) is 2.57. The van der Waals surface area contributed by atoms with E-state index in [0.29, 0.717) is 11.0 Å². The van der Waals surface area contributed by atoms with Gasteiger partial charge in [0.05, 0.1) is 16.6 Å². The van der Waals surface area contributed by atoms with Gasteiger partial charge in [-0.1, -0.05) is 0 Å². The summed E-state index contributed by atoms with van der Waals surface area (Å²) in [7, 11) is 1.68. The number of aromatic nitrogens is 4. The molecular weight excluding hydrogens is 367 g/mol. The first-order valence-corrected chi connectivity index (χ1v) is 7.54. The quantitative estimate of drug-likeness (QED) is 0.562. The van der Waals surface area contributed by atoms with E-state index in [1.54, 1.807) is 17.7 Å². The number of carbonyl (C=O) groups is 1. The van der Waals surface area contributed by atoms with Crippen molar-refractivity contribution >= 4 is 40.2 Å². The zero-order valence-corrected chi connectivity index (χ0v) is 13.6. The Morgan fingerprint density at radius 3 is 2.63 bits per heavy atom. The Bertz CT molecular complexity index is 1200. The number of nitrogens with zero attached hydrogens (tertiary/aromatic N) is 4. The van der Waals surface area contributed by atoms with Crippen molar-refractivity contribution < 1.29 is 27.5 Å². The summed E-state index contributed by atoms with van der Waals surface area (Å²) in [6.45, 7) is 0. The molecule has 0 fully saturated rings. The van der Waals surface area contributed by atoms with Crippen LogP contribution in [0.2, 0.25) is 0 Å². The number of pyridine rings is 1. The lowest BCUT2D eigenvalue weighted by Crippen LogP contribution is -2.07. The summed E-state index contributed by atoms with van der Waals surface area (Å²) in [4.78, 5) is 22.8. The van der Waals surface area contributed by atoms with Crippen LogP contribution in [-0.2, 0) is 13.2 Å². The van der Waals surface area contributed by atoms with E-state index in [0.717, 1.165) is 12.1 Å². The van der Waals surface area contributed by atoms with Gasteiger partial charge in [0.25, 0.3) is 0 Å². The van der Waals surface area contributed by atoms with E-state index in [1.165, 1.54) is 12.1 Å². The highest BCUT2D eigenvalue weighted by atomic mass is 19.4. The number of halogens is 3. The smallest absolute Gasteiger partial charge is 0.433 e. The number of alkyl halides is 3. The molecule has 0 unspecified atom stereocenters. The van der Waals surface area contributed by atoms with Crippen molar-refractivity contribution in [3.8, 4) is 0 Å². The SMILES string of the molecule is Cn1c(Nc2nc3ccc(C(F)(F)F)nc3o2)nc2cc(C(=O)O)ccc21. The molecule has 27 heavy (non-hydrogen) atoms. The maximum Gasteiger partial charge on any atom is 0.433 e. The second-order valence-electron chi connectivity index (χ2n) is 5.67. The van der Waals surface area contributed by atoms with Gasteiger partial charge in [-0.15, -0.1) is 0 Å². The number of hydrogen-bond acceptors (Lipinski definition) is 6. The largest absolute Gasteiger partial charge is 0.478 e. The van der Waals surface area contributed by atoms with E-state index in [1.807, 2.05) is 0 Å². The van der Waals surface area contributed by atoms with Gasteiger partial charge in [0.2, 0.25) is 11.7 Å². The van der Waals surface area contributed by atoms with Gasteiger partial charge >= 0.3 is 18.2 Å². The van der Waals surface area contributed by atoms with Gasteiger partial charge < -0.3 is 14.1 Å². The molecule has 0 atom stereocenters. The van der Waals surface area contributed by atoms with Crippen LogP contribution in [0.3, 0.4) is 0 Å². The Kier molecular flexibility index (Phi) is 3.54. The number of carboxylic acids is 1. The van der Waals surface area contributed by atoms with E-state index in [4.69, 9.17) is 9.52 Å². The van der Waals surface area contributed by atoms with Crippen molar-refractivity contribution in [3.05, 3.63) is 41.6 Å². The van der Waals surface area contributed by atoms with Crippen molar-refractivity contribution in [2.24, 2.45) is 7.05 Å². The molecule has 3 heterocycles. The van der Waals surface area contributed by atoms with Crippen LogP contribution in [0.4, 0.5) is 25.1 Å². The topological polar surface area (TPSA) is 106 Å². The number of benzene rings is 1. The summed E-state index contributed by atoms with van der Waals surface area (Å²) >= 11 is 0. The van der Waals surface area contributed by atoms with Gasteiger partial charge in [-0.3, -0.25) is 5.32 Å². The summed E-state index contributed by atoms with van der Waals surface area (Å²) in [6, 6.07) is 6.34. The van der Waals surface area contributed by atoms with Crippen LogP contribution in [0.15, 0.2) is 34.7 Å². The Morgan fingerprint density at radius 1 is 1.15 bits per heavy atom. The fourth-order valence-corrected chi connectivity index (χ4v) is 2.57. The number of fused-ring (bicyclic) bond motifs is 2. The van der Waals surface area contributed by atoms with Crippen molar-refractivity contribution in [3.63, 3.8) is 0 Å². The molecule has 3 aromatic heterocycles. The third kappa shape index (κ3) is 2.92. The number of aryl methyl sites for hydroxylation is 1. The lowest BCUT2D eigenvalue weighted by atomic mass is 10.2. The Morgan fingerprint density at radius 2 is 1.93 bits per heavy atom. The monoisotopic (exact) mass is 377 g/mol. The van der Waals surface area contributed by atoms with Gasteiger partial charge in [-0.2, -0.15) is 18.2 Å². The Labute approximate surface area is 148 Å². The number of aromatic carboxylic acids is 1. The van der Waals surface area contributed by atoms with E-state index in [-0.39, 0.29) is 28.8 Å². The molecule has 0 amide bonds. The summed E-state index contributed by atoms with van der Waals surface area (Å²) in [5, 5.41) is 11.8. The molecule has 1 aromatic carbocycles. The molecule has 0 saturated carbocycles. The van der Waals surface area contributed by atoms with Crippen molar-refractivity contribution in [2.75, 3.05) is 5.32 Å². The summed E-state index contributed by atoms with van der Waals surface area (Å²) in [5.41, 5.74) is -0.0409. The van der Waals surface area contributed by atoms with E-state index >= 15 is 0 Å². The van der Waals surface area contributed by atoms with Gasteiger partial charge in [-0.05, 0) is 30.3 Å². The number of imidazole rings is 1. The van der Waals surface area contributed by atoms with Crippen LogP contribution in [-0.4, -0.2) is 30.6 Å². The molecule has 0 aliphatic rings. The first kappa shape index (κ1) is 16.8. The fraction of sp³-hybridized carbons (Fsp3) is 0.125. The summed E-state index contributed by atoms with van der Waals surface area (Å²) in [6.07, 6.45) is -4.59. The molecule has 0 aliphatic carbocycles. The van der Waals surface area contributed by atoms with Gasteiger partial charge in [0.1, 0.15) is 11.2 Å². The molecule has 0 aliphatic heterocycles. The molecule has 8 nitrogen and oxygen atoms in total. The van der Waals surface area contributed by atoms with Crippen LogP contribution in [0.25, 0.3) is 22.3 Å². The highest BCUT2D eigenvalue weighted by Gasteiger charge is 2.33. The Hall–Kier alpha value is -3.63. The standard InChI is InChI=1S/C16H10F3N5O3/c1-24-10-4-2-7(13(25)26)6-9(10)20-14(24)23-15-21-8-3-5-11(16(17,18)19)22-12(8)27-15/h2-6H,1H3,(H,25,26)(H,20,21,23). The molecule has 4 rings (SSSR count). The molecule has 138 valence electrons. The molecular formula is C16H10F3N5O3. The third-order valence-electron chi connectivity index (χ3n) is 3.89. The van der Waals surface area contributed by atoms with Crippen molar-refractivity contribution in [2.45, 2.75) is 6.18 Å². The predicted molar refractivity (Wildman–Crippen MR) is 87.8 cm³/mol. The number of hydrogen-bond donors (Lipinski definition) is 2. The van der Waals surface area contributed by atoms with Gasteiger partial charge in [-0.25, -0.2) is 14.8 Å². The maximum atomic E-state index is 12.7. The number of oxazole rings is 1. The summed E-state index contributed by atoms with van der Waals surface area (Å²) < 4.78 is 45.1. The van der Waals surface area contributed by atoms with E-state index < -0.39 is 17.8 Å². The van der Waals surface area contributed by atoms with Gasteiger partial charge in [0, 0.05) is 7.05 Å². The Balaban J connectivity index is 1.71. The molecule has 0 saturated heterocycles. The molecule has 0 bridgehead atoms. The average molecular weight is 377 g/mol. The molecule has 0 spiro atoms. The number of nitrogens with one attached hydrogen (secondary N) is 1. The normalized spacial score (nSPS) is 12.0. The molecule has 11 heteroatoms. The van der Waals surface area contributed by atoms with E-state index in [9.17, 15) is 18.0 Å². The zero-order valence-electron chi connectivity index (χ0n) is 13.6. The first-order chi connectivity index (χ1) is 12.7. The average Bonchev–Trinajstić information content (AvgIpc) is 3.14. The van der Waals surface area contributed by atoms with Crippen LogP contribution in [0.1, 0.15) is 16.1 Å². The number of carboxylic acid groups (broad SMARTS) is 1. The number of anilines is 2. The maximum absolute atomic E-state index is 12.7. The lowest BCUT2D eigenvalue weighted by Gasteiger charge is -2.03. The second-order valence-corrected chi connectivity index (χ2v) is 5.67. The van der Waals surface area contributed by atoms with Crippen LogP contribution >= 0.6 is 0 Å². The second kappa shape index (κ2) is 5.69. The minimum Gasteiger partial charge on any atom is -0.478 e. The van der Waals surface area contributed by atoms with Crippen LogP contribution < -0.4 is 5.32 Å². The minimum atomic E-state index is -4.59. The minimum absolute atomic E-state index is 0.0814. The van der Waals surface area contributed by atoms with Crippen molar-refractivity contribution in [1.29, 1.82) is 0 Å². The lowest BCUT2D eigenvalue weighted by molar-refractivity contribution is -0.141. The van der Waals surface area contributed by atoms with Crippen LogP contribution in [0.5, 0.6) is 0 Å². The zero-order chi connectivity index (χ0) is 19.3. The predicted octanol–water partition coefficient (Wildman–Crippen LogP) is 3.57. The van der Waals surface area contributed by atoms with Crippen molar-refractivity contribution in [1.82, 2.24) is 19.5 Å². The molecule has 4 aromatic rings. The van der Waals surface area contributed by atoms with E-state index in [2.05, 4.69) is 20.3 Å². The highest BCUT2D eigenvalue weighted by Crippen LogP contribution is 2.30. The number of rotatable bonds is 3. The molecule has 2 N–H and O–H groups in total. The third-order valence-corrected chi connectivity index (χ3v) is 3.89. The van der Waals surface area contributed by atoms with Crippen LogP contribution in [0, 0.1) is 0 Å².